The molecule has 0 spiro atoms. The number of benzene rings is 2. The van der Waals surface area contributed by atoms with Gasteiger partial charge in [0.2, 0.25) is 11.7 Å². The van der Waals surface area contributed by atoms with Crippen molar-refractivity contribution < 1.29 is 9.53 Å². The highest BCUT2D eigenvalue weighted by molar-refractivity contribution is 6.06. The highest BCUT2D eigenvalue weighted by Crippen LogP contribution is 2.30. The first kappa shape index (κ1) is 11.4. The first-order chi connectivity index (χ1) is 9.83. The molecule has 0 unspecified atom stereocenters. The van der Waals surface area contributed by atoms with Crippen LogP contribution in [0, 0.1) is 0 Å². The van der Waals surface area contributed by atoms with Crippen molar-refractivity contribution in [2.75, 3.05) is 0 Å². The molecule has 0 amide bonds. The van der Waals surface area contributed by atoms with Crippen LogP contribution in [0.15, 0.2) is 59.6 Å². The molecular weight excluding hydrogens is 250 g/mol. The smallest absolute Gasteiger partial charge is 0.217 e. The van der Waals surface area contributed by atoms with Crippen LogP contribution in [0.25, 0.3) is 0 Å². The van der Waals surface area contributed by atoms with E-state index in [1.165, 1.54) is 0 Å². The molecule has 1 aliphatic carbocycles. The summed E-state index contributed by atoms with van der Waals surface area (Å²) >= 11 is 0. The second kappa shape index (κ2) is 4.30. The summed E-state index contributed by atoms with van der Waals surface area (Å²) in [5.41, 5.74) is 2.78. The fourth-order valence-corrected chi connectivity index (χ4v) is 2.87. The maximum Gasteiger partial charge on any atom is 0.217 e. The second-order valence-electron chi connectivity index (χ2n) is 5.13. The third-order valence-electron chi connectivity index (χ3n) is 3.86. The van der Waals surface area contributed by atoms with E-state index < -0.39 is 6.10 Å². The number of rotatable bonds is 1. The second-order valence-corrected chi connectivity index (χ2v) is 5.13. The Balaban J connectivity index is 1.70. The lowest BCUT2D eigenvalue weighted by Gasteiger charge is -2.23. The minimum absolute atomic E-state index is 0.0477. The molecule has 98 valence electrons. The lowest BCUT2D eigenvalue weighted by molar-refractivity contribution is 0.0757. The van der Waals surface area contributed by atoms with Gasteiger partial charge in [0.1, 0.15) is 6.04 Å². The normalized spacial score (nSPS) is 23.6. The van der Waals surface area contributed by atoms with Crippen LogP contribution < -0.4 is 0 Å². The van der Waals surface area contributed by atoms with Gasteiger partial charge in [-0.05, 0) is 24.1 Å². The summed E-state index contributed by atoms with van der Waals surface area (Å²) in [5, 5.41) is 0. The summed E-state index contributed by atoms with van der Waals surface area (Å²) < 4.78 is 5.82. The van der Waals surface area contributed by atoms with Gasteiger partial charge in [-0.1, -0.05) is 42.5 Å². The Morgan fingerprint density at radius 2 is 1.75 bits per heavy atom. The molecule has 1 heterocycles. The van der Waals surface area contributed by atoms with Gasteiger partial charge in [0.15, 0.2) is 6.10 Å². The van der Waals surface area contributed by atoms with Crippen molar-refractivity contribution in [3.8, 4) is 0 Å². The Labute approximate surface area is 116 Å². The van der Waals surface area contributed by atoms with Crippen LogP contribution in [-0.2, 0) is 11.2 Å². The summed E-state index contributed by atoms with van der Waals surface area (Å²) in [7, 11) is 0. The lowest BCUT2D eigenvalue weighted by atomic mass is 9.86. The van der Waals surface area contributed by atoms with Crippen molar-refractivity contribution in [1.82, 2.24) is 0 Å². The van der Waals surface area contributed by atoms with Crippen molar-refractivity contribution >= 4 is 11.7 Å². The maximum atomic E-state index is 12.5. The molecule has 1 aliphatic heterocycles. The van der Waals surface area contributed by atoms with Gasteiger partial charge in [-0.15, -0.1) is 0 Å². The molecule has 0 aromatic heterocycles. The molecule has 0 radical (unpaired) electrons. The van der Waals surface area contributed by atoms with Crippen LogP contribution in [0.4, 0.5) is 0 Å². The van der Waals surface area contributed by atoms with Gasteiger partial charge in [-0.3, -0.25) is 4.79 Å². The number of ketones is 1. The molecule has 3 nitrogen and oxygen atoms in total. The van der Waals surface area contributed by atoms with Crippen molar-refractivity contribution in [3.05, 3.63) is 71.3 Å². The zero-order valence-corrected chi connectivity index (χ0v) is 10.8. The van der Waals surface area contributed by atoms with Gasteiger partial charge < -0.3 is 4.74 Å². The molecule has 0 saturated carbocycles. The zero-order valence-electron chi connectivity index (χ0n) is 10.8. The Kier molecular flexibility index (Phi) is 2.46. The van der Waals surface area contributed by atoms with Crippen LogP contribution in [0.2, 0.25) is 0 Å². The highest BCUT2D eigenvalue weighted by Gasteiger charge is 2.41. The summed E-state index contributed by atoms with van der Waals surface area (Å²) in [6.45, 7) is 0. The van der Waals surface area contributed by atoms with Gasteiger partial charge in [-0.25, -0.2) is 4.99 Å². The van der Waals surface area contributed by atoms with Crippen molar-refractivity contribution in [1.29, 1.82) is 0 Å². The number of nitrogens with zero attached hydrogens (tertiary/aromatic N) is 1. The number of hydrogen-bond acceptors (Lipinski definition) is 3. The molecule has 0 fully saturated rings. The van der Waals surface area contributed by atoms with E-state index in [0.717, 1.165) is 23.1 Å². The fraction of sp³-hybridized carbons (Fsp3) is 0.176. The third-order valence-corrected chi connectivity index (χ3v) is 3.86. The minimum Gasteiger partial charge on any atom is -0.463 e. The highest BCUT2D eigenvalue weighted by atomic mass is 16.5. The first-order valence-electron chi connectivity index (χ1n) is 6.75. The number of carbonyl (C=O) groups is 1. The quantitative estimate of drug-likeness (QED) is 0.793. The van der Waals surface area contributed by atoms with E-state index in [1.54, 1.807) is 0 Å². The van der Waals surface area contributed by atoms with E-state index in [-0.39, 0.29) is 11.8 Å². The van der Waals surface area contributed by atoms with Crippen LogP contribution in [-0.4, -0.2) is 23.8 Å². The van der Waals surface area contributed by atoms with Crippen molar-refractivity contribution in [2.24, 2.45) is 4.99 Å². The van der Waals surface area contributed by atoms with Gasteiger partial charge in [-0.2, -0.15) is 0 Å². The predicted octanol–water partition coefficient (Wildman–Crippen LogP) is 2.64. The molecule has 0 saturated heterocycles. The average Bonchev–Trinajstić information content (AvgIpc) is 2.93. The van der Waals surface area contributed by atoms with Crippen molar-refractivity contribution in [2.45, 2.75) is 18.6 Å². The van der Waals surface area contributed by atoms with Crippen LogP contribution >= 0.6 is 0 Å². The molecule has 20 heavy (non-hydrogen) atoms. The van der Waals surface area contributed by atoms with Crippen LogP contribution in [0.1, 0.15) is 21.5 Å². The van der Waals surface area contributed by atoms with Crippen LogP contribution in [0.3, 0.4) is 0 Å². The Hall–Kier alpha value is -2.42. The van der Waals surface area contributed by atoms with Gasteiger partial charge in [0, 0.05) is 11.1 Å². The number of Topliss-reactive ketones (excluding diaryl/α,β-unsaturated/α-hetero) is 1. The summed E-state index contributed by atoms with van der Waals surface area (Å²) in [6.07, 6.45) is 0.309. The Morgan fingerprint density at radius 1 is 1.00 bits per heavy atom. The third kappa shape index (κ3) is 1.67. The van der Waals surface area contributed by atoms with E-state index >= 15 is 0 Å². The topological polar surface area (TPSA) is 38.7 Å². The standard InChI is InChI=1S/C17H13NO2/c19-15-13-9-5-4-8-12(13)10-14-16(15)20-17(18-14)11-6-2-1-3-7-11/h1-9,14,16H,10H2/t14-,16-/m1/s1. The van der Waals surface area contributed by atoms with E-state index in [2.05, 4.69) is 4.99 Å². The number of fused-ring (bicyclic) bond motifs is 2. The molecule has 2 aromatic rings. The SMILES string of the molecule is O=C1c2ccccc2C[C@H]2N=C(c3ccccc3)O[C@@H]12. The molecule has 4 rings (SSSR count). The van der Waals surface area contributed by atoms with Gasteiger partial charge in [0.25, 0.3) is 0 Å². The first-order valence-corrected chi connectivity index (χ1v) is 6.75. The Bertz CT molecular complexity index is 706. The number of ether oxygens (including phenoxy) is 1. The van der Waals surface area contributed by atoms with Crippen LogP contribution in [0.5, 0.6) is 0 Å². The van der Waals surface area contributed by atoms with Gasteiger partial charge in [0.05, 0.1) is 0 Å². The van der Waals surface area contributed by atoms with Gasteiger partial charge >= 0.3 is 0 Å². The van der Waals surface area contributed by atoms with Crippen molar-refractivity contribution in [3.63, 3.8) is 0 Å². The minimum atomic E-state index is -0.458. The molecule has 3 heteroatoms. The predicted molar refractivity (Wildman–Crippen MR) is 76.1 cm³/mol. The molecule has 2 atom stereocenters. The summed E-state index contributed by atoms with van der Waals surface area (Å²) in [6, 6.07) is 17.4. The summed E-state index contributed by atoms with van der Waals surface area (Å²) in [5.74, 6) is 0.633. The largest absolute Gasteiger partial charge is 0.463 e. The maximum absolute atomic E-state index is 12.5. The number of aliphatic imine (C=N–C) groups is 1. The van der Waals surface area contributed by atoms with E-state index in [4.69, 9.17) is 4.74 Å². The number of carbonyl (C=O) groups excluding carboxylic acids is 1. The average molecular weight is 263 g/mol. The molecule has 0 bridgehead atoms. The number of hydrogen-bond donors (Lipinski definition) is 0. The zero-order chi connectivity index (χ0) is 13.5. The molecule has 2 aliphatic rings. The van der Waals surface area contributed by atoms with E-state index in [0.29, 0.717) is 5.90 Å². The van der Waals surface area contributed by atoms with E-state index in [9.17, 15) is 4.79 Å². The molecule has 2 aromatic carbocycles. The summed E-state index contributed by atoms with van der Waals surface area (Å²) in [4.78, 5) is 17.1. The van der Waals surface area contributed by atoms with E-state index in [1.807, 2.05) is 54.6 Å². The molecule has 0 N–H and O–H groups in total. The lowest BCUT2D eigenvalue weighted by Crippen LogP contribution is -2.38. The Morgan fingerprint density at radius 3 is 2.60 bits per heavy atom. The fourth-order valence-electron chi connectivity index (χ4n) is 2.87. The monoisotopic (exact) mass is 263 g/mol. The molecular formula is C17H13NO2.